The standard InChI is InChI=1S/C22H21O7/c1-24-17-6-12(7-18(25-2)21(17)26-3)19-14-8-16-15(28-10-29-16)5-11(14)4-13-9-27-22(23)20(13)19/h4-8,13,19-20H,9-10H2,1-3H3/t13-,19+,20-/m0/s1. The zero-order valence-electron chi connectivity index (χ0n) is 16.4. The van der Waals surface area contributed by atoms with Gasteiger partial charge in [0.15, 0.2) is 23.0 Å². The van der Waals surface area contributed by atoms with Gasteiger partial charge in [0.25, 0.3) is 0 Å². The fraction of sp³-hybridized carbons (Fsp3) is 0.364. The highest BCUT2D eigenvalue weighted by Crippen LogP contribution is 2.53. The van der Waals surface area contributed by atoms with Gasteiger partial charge in [-0.3, -0.25) is 4.79 Å². The Labute approximate surface area is 168 Å². The van der Waals surface area contributed by atoms with Gasteiger partial charge in [-0.25, -0.2) is 0 Å². The molecule has 0 N–H and O–H groups in total. The van der Waals surface area contributed by atoms with Crippen LogP contribution in [0, 0.1) is 18.3 Å². The minimum atomic E-state index is -0.328. The lowest BCUT2D eigenvalue weighted by Gasteiger charge is -2.33. The molecule has 0 amide bonds. The number of cyclic esters (lactones) is 1. The smallest absolute Gasteiger partial charge is 0.310 e. The number of ether oxygens (including phenoxy) is 6. The number of methoxy groups -OCH3 is 3. The Morgan fingerprint density at radius 2 is 1.59 bits per heavy atom. The number of hydrogen-bond acceptors (Lipinski definition) is 7. The first-order valence-corrected chi connectivity index (χ1v) is 9.39. The minimum absolute atomic E-state index is 0.0144. The molecule has 1 radical (unpaired) electrons. The Balaban J connectivity index is 1.71. The molecule has 1 aliphatic carbocycles. The van der Waals surface area contributed by atoms with E-state index in [0.717, 1.165) is 16.7 Å². The predicted octanol–water partition coefficient (Wildman–Crippen LogP) is 2.93. The molecule has 0 unspecified atom stereocenters. The Kier molecular flexibility index (Phi) is 4.19. The van der Waals surface area contributed by atoms with Gasteiger partial charge < -0.3 is 28.4 Å². The number of fused-ring (bicyclic) bond motifs is 3. The van der Waals surface area contributed by atoms with Crippen molar-refractivity contribution >= 4 is 5.97 Å². The van der Waals surface area contributed by atoms with E-state index in [0.29, 0.717) is 35.4 Å². The van der Waals surface area contributed by atoms with Crippen molar-refractivity contribution in [3.63, 3.8) is 0 Å². The van der Waals surface area contributed by atoms with Gasteiger partial charge in [0.2, 0.25) is 12.5 Å². The molecule has 7 heteroatoms. The highest BCUT2D eigenvalue weighted by Gasteiger charge is 2.48. The lowest BCUT2D eigenvalue weighted by atomic mass is 9.67. The van der Waals surface area contributed by atoms with E-state index in [4.69, 9.17) is 28.4 Å². The first-order chi connectivity index (χ1) is 14.1. The zero-order valence-corrected chi connectivity index (χ0v) is 16.4. The van der Waals surface area contributed by atoms with E-state index in [1.807, 2.05) is 24.3 Å². The molecule has 1 fully saturated rings. The highest BCUT2D eigenvalue weighted by molar-refractivity contribution is 5.79. The van der Waals surface area contributed by atoms with Gasteiger partial charge in [-0.15, -0.1) is 0 Å². The molecule has 2 heterocycles. The minimum Gasteiger partial charge on any atom is -0.493 e. The third-order valence-electron chi connectivity index (χ3n) is 5.86. The van der Waals surface area contributed by atoms with Gasteiger partial charge in [-0.1, -0.05) is 0 Å². The van der Waals surface area contributed by atoms with Crippen molar-refractivity contribution in [1.29, 1.82) is 0 Å². The summed E-state index contributed by atoms with van der Waals surface area (Å²) in [6.07, 6.45) is 2.10. The summed E-state index contributed by atoms with van der Waals surface area (Å²) in [4.78, 5) is 12.7. The van der Waals surface area contributed by atoms with Crippen LogP contribution in [-0.4, -0.2) is 40.7 Å². The van der Waals surface area contributed by atoms with Gasteiger partial charge in [-0.05, 0) is 47.4 Å². The largest absolute Gasteiger partial charge is 0.493 e. The predicted molar refractivity (Wildman–Crippen MR) is 102 cm³/mol. The molecule has 3 atom stereocenters. The van der Waals surface area contributed by atoms with E-state index >= 15 is 0 Å². The highest BCUT2D eigenvalue weighted by atomic mass is 16.7. The second-order valence-electron chi connectivity index (χ2n) is 7.26. The fourth-order valence-electron chi connectivity index (χ4n) is 4.57. The maximum absolute atomic E-state index is 12.7. The molecule has 0 aromatic heterocycles. The Bertz CT molecular complexity index is 958. The van der Waals surface area contributed by atoms with Gasteiger partial charge in [0.1, 0.15) is 0 Å². The summed E-state index contributed by atoms with van der Waals surface area (Å²) in [5.74, 6) is 2.21. The van der Waals surface area contributed by atoms with Crippen LogP contribution in [0.2, 0.25) is 0 Å². The number of carbonyl (C=O) groups excluding carboxylic acids is 1. The third kappa shape index (κ3) is 2.68. The van der Waals surface area contributed by atoms with Crippen LogP contribution in [0.15, 0.2) is 24.3 Å². The Morgan fingerprint density at radius 1 is 0.897 bits per heavy atom. The monoisotopic (exact) mass is 397 g/mol. The molecule has 0 spiro atoms. The molecule has 151 valence electrons. The molecule has 29 heavy (non-hydrogen) atoms. The van der Waals surface area contributed by atoms with Crippen LogP contribution in [0.5, 0.6) is 28.7 Å². The molecular formula is C22H21O7. The van der Waals surface area contributed by atoms with E-state index in [1.54, 1.807) is 21.3 Å². The van der Waals surface area contributed by atoms with Crippen molar-refractivity contribution in [2.75, 3.05) is 34.7 Å². The van der Waals surface area contributed by atoms with E-state index in [2.05, 4.69) is 6.42 Å². The number of rotatable bonds is 4. The van der Waals surface area contributed by atoms with Crippen molar-refractivity contribution in [3.05, 3.63) is 47.4 Å². The van der Waals surface area contributed by atoms with Crippen LogP contribution in [0.1, 0.15) is 22.6 Å². The van der Waals surface area contributed by atoms with Crippen LogP contribution < -0.4 is 23.7 Å². The SMILES string of the molecule is COc1cc([C@@H]2c3cc4c(cc3[CH][C@H]3COC(=O)[C@H]23)OCO4)cc(OC)c1OC. The molecule has 0 saturated carbocycles. The van der Waals surface area contributed by atoms with Gasteiger partial charge in [0, 0.05) is 11.8 Å². The van der Waals surface area contributed by atoms with E-state index in [1.165, 1.54) is 0 Å². The molecule has 3 aliphatic rings. The molecule has 1 saturated heterocycles. The number of carbonyl (C=O) groups is 1. The summed E-state index contributed by atoms with van der Waals surface area (Å²) in [6, 6.07) is 7.73. The van der Waals surface area contributed by atoms with Crippen LogP contribution in [0.4, 0.5) is 0 Å². The molecule has 7 nitrogen and oxygen atoms in total. The Hall–Kier alpha value is -3.09. The van der Waals surface area contributed by atoms with Crippen LogP contribution >= 0.6 is 0 Å². The quantitative estimate of drug-likeness (QED) is 0.735. The molecule has 2 aromatic rings. The summed E-state index contributed by atoms with van der Waals surface area (Å²) < 4.78 is 33.1. The fourth-order valence-corrected chi connectivity index (χ4v) is 4.57. The van der Waals surface area contributed by atoms with Gasteiger partial charge in [0.05, 0.1) is 33.9 Å². The van der Waals surface area contributed by atoms with Gasteiger partial charge in [-0.2, -0.15) is 0 Å². The second kappa shape index (κ2) is 6.76. The summed E-state index contributed by atoms with van der Waals surface area (Å²) >= 11 is 0. The number of esters is 1. The summed E-state index contributed by atoms with van der Waals surface area (Å²) in [6.45, 7) is 0.570. The normalized spacial score (nSPS) is 23.8. The average Bonchev–Trinajstić information content (AvgIpc) is 3.35. The van der Waals surface area contributed by atoms with Crippen molar-refractivity contribution < 1.29 is 33.2 Å². The maximum Gasteiger partial charge on any atom is 0.310 e. The molecule has 2 aliphatic heterocycles. The number of benzene rings is 2. The molecule has 0 bridgehead atoms. The average molecular weight is 397 g/mol. The maximum atomic E-state index is 12.7. The molecule has 5 rings (SSSR count). The van der Waals surface area contributed by atoms with Crippen molar-refractivity contribution in [1.82, 2.24) is 0 Å². The zero-order chi connectivity index (χ0) is 20.1. The molecular weight excluding hydrogens is 376 g/mol. The van der Waals surface area contributed by atoms with Crippen LogP contribution in [-0.2, 0) is 9.53 Å². The molecule has 2 aromatic carbocycles. The van der Waals surface area contributed by atoms with E-state index in [-0.39, 0.29) is 30.5 Å². The number of hydrogen-bond donors (Lipinski definition) is 0. The van der Waals surface area contributed by atoms with Crippen molar-refractivity contribution in [2.24, 2.45) is 11.8 Å². The first kappa shape index (κ1) is 18.0. The first-order valence-electron chi connectivity index (χ1n) is 9.39. The van der Waals surface area contributed by atoms with Gasteiger partial charge >= 0.3 is 5.97 Å². The van der Waals surface area contributed by atoms with E-state index < -0.39 is 0 Å². The van der Waals surface area contributed by atoms with Crippen molar-refractivity contribution in [3.8, 4) is 28.7 Å². The van der Waals surface area contributed by atoms with Crippen LogP contribution in [0.25, 0.3) is 0 Å². The second-order valence-corrected chi connectivity index (χ2v) is 7.26. The lowest BCUT2D eigenvalue weighted by molar-refractivity contribution is -0.141. The summed E-state index contributed by atoms with van der Waals surface area (Å²) in [5.41, 5.74) is 2.90. The Morgan fingerprint density at radius 3 is 2.24 bits per heavy atom. The third-order valence-corrected chi connectivity index (χ3v) is 5.86. The van der Waals surface area contributed by atoms with E-state index in [9.17, 15) is 4.79 Å². The lowest BCUT2D eigenvalue weighted by Crippen LogP contribution is -2.30. The van der Waals surface area contributed by atoms with Crippen molar-refractivity contribution in [2.45, 2.75) is 5.92 Å². The van der Waals surface area contributed by atoms with Crippen LogP contribution in [0.3, 0.4) is 0 Å². The summed E-state index contributed by atoms with van der Waals surface area (Å²) in [5, 5.41) is 0. The topological polar surface area (TPSA) is 72.5 Å². The summed E-state index contributed by atoms with van der Waals surface area (Å²) in [7, 11) is 4.72.